The van der Waals surface area contributed by atoms with Gasteiger partial charge in [0.25, 0.3) is 5.91 Å². The number of carbonyl (C=O) groups is 1. The van der Waals surface area contributed by atoms with E-state index in [2.05, 4.69) is 5.32 Å². The van der Waals surface area contributed by atoms with E-state index in [1.807, 2.05) is 24.3 Å². The van der Waals surface area contributed by atoms with Crippen LogP contribution in [0.2, 0.25) is 5.02 Å². The number of halogens is 1. The van der Waals surface area contributed by atoms with Gasteiger partial charge in [-0.25, -0.2) is 0 Å². The van der Waals surface area contributed by atoms with Crippen LogP contribution in [0, 0.1) is 0 Å². The first-order chi connectivity index (χ1) is 12.6. The summed E-state index contributed by atoms with van der Waals surface area (Å²) in [4.78, 5) is 10.9. The summed E-state index contributed by atoms with van der Waals surface area (Å²) in [5.41, 5.74) is 7.20. The van der Waals surface area contributed by atoms with Crippen molar-refractivity contribution in [3.05, 3.63) is 46.5 Å². The maximum absolute atomic E-state index is 10.9. The third-order valence-corrected chi connectivity index (χ3v) is 4.13. The van der Waals surface area contributed by atoms with Crippen LogP contribution in [0.15, 0.2) is 30.3 Å². The van der Waals surface area contributed by atoms with Crippen LogP contribution in [0.25, 0.3) is 0 Å². The van der Waals surface area contributed by atoms with Crippen LogP contribution < -0.4 is 30.0 Å². The van der Waals surface area contributed by atoms with E-state index in [4.69, 9.17) is 36.3 Å². The van der Waals surface area contributed by atoms with Gasteiger partial charge in [0.1, 0.15) is 13.1 Å². The average Bonchev–Trinajstić information content (AvgIpc) is 3.08. The normalized spacial score (nSPS) is 12.1. The van der Waals surface area contributed by atoms with E-state index in [1.54, 1.807) is 6.07 Å². The number of methoxy groups -OCH3 is 1. The zero-order valence-corrected chi connectivity index (χ0v) is 15.0. The SMILES string of the molecule is COc1cc(C[NH2+]Cc2ccc3c(c2)OCO3)cc(Cl)c1OCC(N)=O. The number of amides is 1. The standard InChI is InChI=1S/C18H19ClN2O5/c1-23-16-6-12(4-13(19)18(16)24-9-17(20)22)8-21-7-11-2-3-14-15(5-11)26-10-25-14/h2-6,21H,7-10H2,1H3,(H2,20,22)/p+1. The summed E-state index contributed by atoms with van der Waals surface area (Å²) < 4.78 is 21.3. The van der Waals surface area contributed by atoms with E-state index in [9.17, 15) is 4.79 Å². The Labute approximate surface area is 155 Å². The predicted octanol–water partition coefficient (Wildman–Crippen LogP) is 1.20. The molecule has 8 heteroatoms. The Balaban J connectivity index is 1.62. The molecule has 1 aliphatic rings. The molecule has 0 unspecified atom stereocenters. The van der Waals surface area contributed by atoms with Gasteiger partial charge in [-0.3, -0.25) is 4.79 Å². The molecule has 1 aliphatic heterocycles. The number of benzene rings is 2. The quantitative estimate of drug-likeness (QED) is 0.718. The summed E-state index contributed by atoms with van der Waals surface area (Å²) in [6.07, 6.45) is 0. The van der Waals surface area contributed by atoms with Crippen molar-refractivity contribution < 1.29 is 29.1 Å². The average molecular weight is 380 g/mol. The largest absolute Gasteiger partial charge is 0.493 e. The van der Waals surface area contributed by atoms with Gasteiger partial charge < -0.3 is 30.0 Å². The Morgan fingerprint density at radius 1 is 1.19 bits per heavy atom. The van der Waals surface area contributed by atoms with Crippen LogP contribution in [0.3, 0.4) is 0 Å². The van der Waals surface area contributed by atoms with Gasteiger partial charge in [0.2, 0.25) is 6.79 Å². The summed E-state index contributed by atoms with van der Waals surface area (Å²) in [6, 6.07) is 9.52. The third kappa shape index (κ3) is 4.30. The number of hydrogen-bond donors (Lipinski definition) is 2. The van der Waals surface area contributed by atoms with Crippen molar-refractivity contribution in [2.24, 2.45) is 5.73 Å². The molecule has 3 rings (SSSR count). The first-order valence-corrected chi connectivity index (χ1v) is 8.42. The summed E-state index contributed by atoms with van der Waals surface area (Å²) >= 11 is 6.26. The molecule has 4 N–H and O–H groups in total. The number of fused-ring (bicyclic) bond motifs is 1. The van der Waals surface area contributed by atoms with E-state index >= 15 is 0 Å². The molecule has 0 saturated heterocycles. The van der Waals surface area contributed by atoms with E-state index in [0.29, 0.717) is 23.1 Å². The second kappa shape index (κ2) is 8.16. The molecular weight excluding hydrogens is 360 g/mol. The first-order valence-electron chi connectivity index (χ1n) is 8.04. The van der Waals surface area contributed by atoms with Crippen LogP contribution in [0.1, 0.15) is 11.1 Å². The van der Waals surface area contributed by atoms with Crippen LogP contribution in [0.4, 0.5) is 0 Å². The summed E-state index contributed by atoms with van der Waals surface area (Å²) in [5, 5.41) is 2.50. The van der Waals surface area contributed by atoms with Crippen LogP contribution in [-0.4, -0.2) is 26.4 Å². The number of quaternary nitrogens is 1. The second-order valence-corrected chi connectivity index (χ2v) is 6.16. The minimum atomic E-state index is -0.579. The third-order valence-electron chi connectivity index (χ3n) is 3.85. The van der Waals surface area contributed by atoms with Gasteiger partial charge >= 0.3 is 0 Å². The zero-order chi connectivity index (χ0) is 18.5. The van der Waals surface area contributed by atoms with Gasteiger partial charge in [0, 0.05) is 11.1 Å². The van der Waals surface area contributed by atoms with Crippen molar-refractivity contribution in [2.45, 2.75) is 13.1 Å². The zero-order valence-electron chi connectivity index (χ0n) is 14.3. The molecule has 0 bridgehead atoms. The van der Waals surface area contributed by atoms with Gasteiger partial charge in [0.15, 0.2) is 29.6 Å². The van der Waals surface area contributed by atoms with Gasteiger partial charge in [-0.05, 0) is 30.3 Å². The second-order valence-electron chi connectivity index (χ2n) is 5.75. The molecule has 26 heavy (non-hydrogen) atoms. The molecule has 2 aromatic rings. The van der Waals surface area contributed by atoms with Gasteiger partial charge in [0.05, 0.1) is 12.1 Å². The van der Waals surface area contributed by atoms with Crippen LogP contribution >= 0.6 is 11.6 Å². The highest BCUT2D eigenvalue weighted by Gasteiger charge is 2.15. The number of nitrogens with two attached hydrogens (primary N) is 2. The fourth-order valence-corrected chi connectivity index (χ4v) is 2.94. The smallest absolute Gasteiger partial charge is 0.255 e. The Morgan fingerprint density at radius 2 is 1.96 bits per heavy atom. The minimum Gasteiger partial charge on any atom is -0.493 e. The van der Waals surface area contributed by atoms with Crippen molar-refractivity contribution >= 4 is 17.5 Å². The lowest BCUT2D eigenvalue weighted by atomic mass is 10.1. The molecule has 0 saturated carbocycles. The Bertz CT molecular complexity index is 812. The highest BCUT2D eigenvalue weighted by atomic mass is 35.5. The predicted molar refractivity (Wildman–Crippen MR) is 94.6 cm³/mol. The number of carbonyl (C=O) groups excluding carboxylic acids is 1. The fourth-order valence-electron chi connectivity index (χ4n) is 2.65. The van der Waals surface area contributed by atoms with E-state index in [1.165, 1.54) is 7.11 Å². The molecular formula is C18H20ClN2O5+. The van der Waals surface area contributed by atoms with Crippen LogP contribution in [-0.2, 0) is 17.9 Å². The molecule has 138 valence electrons. The summed E-state index contributed by atoms with van der Waals surface area (Å²) in [7, 11) is 1.52. The Hall–Kier alpha value is -2.64. The number of ether oxygens (including phenoxy) is 4. The van der Waals surface area contributed by atoms with E-state index < -0.39 is 5.91 Å². The maximum atomic E-state index is 10.9. The number of hydrogen-bond acceptors (Lipinski definition) is 5. The van der Waals surface area contributed by atoms with Crippen molar-refractivity contribution in [3.8, 4) is 23.0 Å². The summed E-state index contributed by atoms with van der Waals surface area (Å²) in [6.45, 7) is 1.48. The molecule has 0 atom stereocenters. The molecule has 0 spiro atoms. The van der Waals surface area contributed by atoms with Gasteiger partial charge in [-0.2, -0.15) is 0 Å². The molecule has 1 amide bonds. The minimum absolute atomic E-state index is 0.258. The lowest BCUT2D eigenvalue weighted by Gasteiger charge is -2.13. The molecule has 0 aliphatic carbocycles. The van der Waals surface area contributed by atoms with Gasteiger partial charge in [-0.15, -0.1) is 0 Å². The Kier molecular flexibility index (Phi) is 5.70. The highest BCUT2D eigenvalue weighted by Crippen LogP contribution is 2.36. The lowest BCUT2D eigenvalue weighted by Crippen LogP contribution is -2.80. The number of primary amides is 1. The number of rotatable bonds is 8. The monoisotopic (exact) mass is 379 g/mol. The molecule has 7 nitrogen and oxygen atoms in total. The van der Waals surface area contributed by atoms with Crippen molar-refractivity contribution in [2.75, 3.05) is 20.5 Å². The molecule has 0 fully saturated rings. The lowest BCUT2D eigenvalue weighted by molar-refractivity contribution is -0.686. The van der Waals surface area contributed by atoms with E-state index in [0.717, 1.165) is 29.2 Å². The van der Waals surface area contributed by atoms with E-state index in [-0.39, 0.29) is 13.4 Å². The summed E-state index contributed by atoms with van der Waals surface area (Å²) in [5.74, 6) is 1.75. The van der Waals surface area contributed by atoms with Gasteiger partial charge in [-0.1, -0.05) is 11.6 Å². The molecule has 1 heterocycles. The maximum Gasteiger partial charge on any atom is 0.255 e. The van der Waals surface area contributed by atoms with Crippen LogP contribution in [0.5, 0.6) is 23.0 Å². The van der Waals surface area contributed by atoms with Crippen molar-refractivity contribution in [1.29, 1.82) is 0 Å². The highest BCUT2D eigenvalue weighted by molar-refractivity contribution is 6.32. The van der Waals surface area contributed by atoms with Crippen molar-refractivity contribution in [1.82, 2.24) is 0 Å². The topological polar surface area (TPSA) is 96.6 Å². The van der Waals surface area contributed by atoms with Crippen molar-refractivity contribution in [3.63, 3.8) is 0 Å². The Morgan fingerprint density at radius 3 is 2.73 bits per heavy atom. The first kappa shape index (κ1) is 18.2. The molecule has 0 aromatic heterocycles. The molecule has 0 radical (unpaired) electrons. The molecule has 2 aromatic carbocycles. The fraction of sp³-hybridized carbons (Fsp3) is 0.278.